The van der Waals surface area contributed by atoms with Crippen LogP contribution in [0.25, 0.3) is 33.4 Å². The lowest BCUT2D eigenvalue weighted by molar-refractivity contribution is 0.417. The van der Waals surface area contributed by atoms with Crippen LogP contribution in [0.4, 0.5) is 0 Å². The molecule has 4 rings (SSSR count). The number of halogens is 1. The molecule has 0 N–H and O–H groups in total. The molecule has 5 nitrogen and oxygen atoms in total. The number of ether oxygens (including phenoxy) is 1. The van der Waals surface area contributed by atoms with Gasteiger partial charge < -0.3 is 4.74 Å². The van der Waals surface area contributed by atoms with Crippen LogP contribution in [0.2, 0.25) is 5.15 Å². The van der Waals surface area contributed by atoms with Gasteiger partial charge in [0.1, 0.15) is 10.8 Å². The van der Waals surface area contributed by atoms with Gasteiger partial charge in [0.2, 0.25) is 0 Å². The first-order valence-corrected chi connectivity index (χ1v) is 8.71. The summed E-state index contributed by atoms with van der Waals surface area (Å²) in [5, 5.41) is 5.83. The molecule has 3 heterocycles. The number of aromatic nitrogens is 4. The van der Waals surface area contributed by atoms with Crippen molar-refractivity contribution in [3.05, 3.63) is 60.0 Å². The van der Waals surface area contributed by atoms with Gasteiger partial charge in [-0.2, -0.15) is 5.10 Å². The zero-order chi connectivity index (χ0) is 18.1. The first-order valence-electron chi connectivity index (χ1n) is 8.33. The summed E-state index contributed by atoms with van der Waals surface area (Å²) in [7, 11) is 1.66. The SMILES string of the molecule is CCn1ncc2c(-c3ccnc(Cl)c3)c(OC)c(-c3ccccc3)nc21. The third-order valence-electron chi connectivity index (χ3n) is 4.31. The van der Waals surface area contributed by atoms with Gasteiger partial charge in [-0.05, 0) is 24.6 Å². The van der Waals surface area contributed by atoms with Crippen LogP contribution in [0.5, 0.6) is 5.75 Å². The molecule has 0 saturated carbocycles. The van der Waals surface area contributed by atoms with E-state index in [1.54, 1.807) is 13.3 Å². The number of aryl methyl sites for hydroxylation is 1. The zero-order valence-corrected chi connectivity index (χ0v) is 15.2. The van der Waals surface area contributed by atoms with Crippen molar-refractivity contribution in [2.75, 3.05) is 7.11 Å². The highest BCUT2D eigenvalue weighted by molar-refractivity contribution is 6.29. The van der Waals surface area contributed by atoms with Crippen LogP contribution in [0.3, 0.4) is 0 Å². The van der Waals surface area contributed by atoms with Gasteiger partial charge in [0.05, 0.1) is 18.7 Å². The predicted molar refractivity (Wildman–Crippen MR) is 103 cm³/mol. The molecule has 0 spiro atoms. The molecular formula is C20H17ClN4O. The van der Waals surface area contributed by atoms with Gasteiger partial charge in [-0.15, -0.1) is 0 Å². The molecule has 6 heteroatoms. The predicted octanol–water partition coefficient (Wildman–Crippen LogP) is 4.84. The summed E-state index contributed by atoms with van der Waals surface area (Å²) >= 11 is 6.14. The van der Waals surface area contributed by atoms with Gasteiger partial charge in [-0.3, -0.25) is 0 Å². The maximum Gasteiger partial charge on any atom is 0.159 e. The molecule has 130 valence electrons. The monoisotopic (exact) mass is 364 g/mol. The minimum absolute atomic E-state index is 0.429. The molecule has 0 aliphatic heterocycles. The molecule has 0 fully saturated rings. The third kappa shape index (κ3) is 2.70. The Kier molecular flexibility index (Phi) is 4.31. The van der Waals surface area contributed by atoms with Crippen molar-refractivity contribution < 1.29 is 4.74 Å². The van der Waals surface area contributed by atoms with E-state index in [1.807, 2.05) is 60.3 Å². The lowest BCUT2D eigenvalue weighted by atomic mass is 9.99. The Labute approximate surface area is 156 Å². The van der Waals surface area contributed by atoms with Crippen molar-refractivity contribution in [2.45, 2.75) is 13.5 Å². The fourth-order valence-corrected chi connectivity index (χ4v) is 3.31. The second-order valence-corrected chi connectivity index (χ2v) is 6.19. The molecular weight excluding hydrogens is 348 g/mol. The second-order valence-electron chi connectivity index (χ2n) is 5.80. The van der Waals surface area contributed by atoms with Gasteiger partial charge in [-0.1, -0.05) is 41.9 Å². The van der Waals surface area contributed by atoms with E-state index in [2.05, 4.69) is 10.1 Å². The van der Waals surface area contributed by atoms with Crippen molar-refractivity contribution >= 4 is 22.6 Å². The number of rotatable bonds is 4. The third-order valence-corrected chi connectivity index (χ3v) is 4.51. The summed E-state index contributed by atoms with van der Waals surface area (Å²) in [4.78, 5) is 8.97. The number of benzene rings is 1. The van der Waals surface area contributed by atoms with Crippen molar-refractivity contribution in [2.24, 2.45) is 0 Å². The molecule has 0 amide bonds. The number of pyridine rings is 2. The maximum absolute atomic E-state index is 6.14. The Balaban J connectivity index is 2.13. The lowest BCUT2D eigenvalue weighted by Crippen LogP contribution is -2.01. The lowest BCUT2D eigenvalue weighted by Gasteiger charge is -2.15. The van der Waals surface area contributed by atoms with E-state index in [0.717, 1.165) is 40.0 Å². The van der Waals surface area contributed by atoms with Crippen molar-refractivity contribution in [1.29, 1.82) is 0 Å². The van der Waals surface area contributed by atoms with Crippen molar-refractivity contribution in [1.82, 2.24) is 19.7 Å². The first kappa shape index (κ1) is 16.5. The largest absolute Gasteiger partial charge is 0.494 e. The molecule has 0 unspecified atom stereocenters. The van der Waals surface area contributed by atoms with Crippen molar-refractivity contribution in [3.8, 4) is 28.1 Å². The molecule has 0 aliphatic carbocycles. The summed E-state index contributed by atoms with van der Waals surface area (Å²) in [6.45, 7) is 2.77. The van der Waals surface area contributed by atoms with E-state index in [4.69, 9.17) is 21.3 Å². The van der Waals surface area contributed by atoms with Crippen LogP contribution in [0.1, 0.15) is 6.92 Å². The number of hydrogen-bond donors (Lipinski definition) is 0. The number of hydrogen-bond acceptors (Lipinski definition) is 4. The van der Waals surface area contributed by atoms with E-state index < -0.39 is 0 Å². The highest BCUT2D eigenvalue weighted by Crippen LogP contribution is 2.42. The van der Waals surface area contributed by atoms with Gasteiger partial charge in [0.15, 0.2) is 11.4 Å². The molecule has 0 radical (unpaired) electrons. The average molecular weight is 365 g/mol. The Morgan fingerprint density at radius 1 is 1.12 bits per heavy atom. The molecule has 26 heavy (non-hydrogen) atoms. The van der Waals surface area contributed by atoms with E-state index in [-0.39, 0.29) is 0 Å². The fraction of sp³-hybridized carbons (Fsp3) is 0.150. The van der Waals surface area contributed by atoms with Crippen LogP contribution in [-0.4, -0.2) is 26.9 Å². The van der Waals surface area contributed by atoms with Gasteiger partial charge in [-0.25, -0.2) is 14.6 Å². The summed E-state index contributed by atoms with van der Waals surface area (Å²) in [6, 6.07) is 13.7. The highest BCUT2D eigenvalue weighted by Gasteiger charge is 2.21. The quantitative estimate of drug-likeness (QED) is 0.486. The van der Waals surface area contributed by atoms with Crippen LogP contribution in [-0.2, 0) is 6.54 Å². The second kappa shape index (κ2) is 6.77. The standard InChI is InChI=1S/C20H17ClN4O/c1-3-25-20-15(12-23-25)17(14-9-10-22-16(21)11-14)19(26-2)18(24-20)13-7-5-4-6-8-13/h4-12H,3H2,1-2H3. The number of methoxy groups -OCH3 is 1. The molecule has 4 aromatic rings. The van der Waals surface area contributed by atoms with E-state index in [9.17, 15) is 0 Å². The van der Waals surface area contributed by atoms with E-state index in [0.29, 0.717) is 10.9 Å². The Morgan fingerprint density at radius 2 is 1.92 bits per heavy atom. The highest BCUT2D eigenvalue weighted by atomic mass is 35.5. The summed E-state index contributed by atoms with van der Waals surface area (Å²) < 4.78 is 7.70. The molecule has 0 bridgehead atoms. The Bertz CT molecular complexity index is 1080. The van der Waals surface area contributed by atoms with Gasteiger partial charge in [0, 0.05) is 23.9 Å². The van der Waals surface area contributed by atoms with Crippen LogP contribution in [0, 0.1) is 0 Å². The van der Waals surface area contributed by atoms with E-state index in [1.165, 1.54) is 0 Å². The Hall–Kier alpha value is -2.92. The summed E-state index contributed by atoms with van der Waals surface area (Å²) in [6.07, 6.45) is 3.52. The fourth-order valence-electron chi connectivity index (χ4n) is 3.14. The molecule has 0 aliphatic rings. The van der Waals surface area contributed by atoms with Crippen LogP contribution >= 0.6 is 11.6 Å². The molecule has 0 atom stereocenters. The number of fused-ring (bicyclic) bond motifs is 1. The minimum Gasteiger partial charge on any atom is -0.494 e. The summed E-state index contributed by atoms with van der Waals surface area (Å²) in [5.41, 5.74) is 4.41. The maximum atomic E-state index is 6.14. The average Bonchev–Trinajstić information content (AvgIpc) is 3.09. The van der Waals surface area contributed by atoms with Crippen LogP contribution in [0.15, 0.2) is 54.9 Å². The summed E-state index contributed by atoms with van der Waals surface area (Å²) in [5.74, 6) is 0.696. The van der Waals surface area contributed by atoms with E-state index >= 15 is 0 Å². The topological polar surface area (TPSA) is 52.8 Å². The molecule has 1 aromatic carbocycles. The van der Waals surface area contributed by atoms with Crippen molar-refractivity contribution in [3.63, 3.8) is 0 Å². The first-order chi connectivity index (χ1) is 12.7. The molecule has 0 saturated heterocycles. The number of nitrogens with zero attached hydrogens (tertiary/aromatic N) is 4. The minimum atomic E-state index is 0.429. The van der Waals surface area contributed by atoms with Gasteiger partial charge >= 0.3 is 0 Å². The Morgan fingerprint density at radius 3 is 2.62 bits per heavy atom. The zero-order valence-electron chi connectivity index (χ0n) is 14.5. The molecule has 3 aromatic heterocycles. The normalized spacial score (nSPS) is 11.0. The van der Waals surface area contributed by atoms with Gasteiger partial charge in [0.25, 0.3) is 0 Å². The smallest absolute Gasteiger partial charge is 0.159 e. The van der Waals surface area contributed by atoms with Crippen LogP contribution < -0.4 is 4.74 Å².